The van der Waals surface area contributed by atoms with E-state index < -0.39 is 5.91 Å². The van der Waals surface area contributed by atoms with Gasteiger partial charge in [-0.05, 0) is 0 Å². The van der Waals surface area contributed by atoms with Crippen molar-refractivity contribution in [2.45, 2.75) is 13.5 Å². The number of hydrogen-bond acceptors (Lipinski definition) is 5. The number of rotatable bonds is 4. The van der Waals surface area contributed by atoms with E-state index in [1.54, 1.807) is 5.38 Å². The zero-order chi connectivity index (χ0) is 13.1. The Bertz CT molecular complexity index is 589. The fourth-order valence-corrected chi connectivity index (χ4v) is 2.01. The summed E-state index contributed by atoms with van der Waals surface area (Å²) in [5.41, 5.74) is 5.96. The minimum atomic E-state index is -0.570. The van der Waals surface area contributed by atoms with E-state index in [1.165, 1.54) is 24.5 Å². The number of thiazole rings is 1. The van der Waals surface area contributed by atoms with E-state index in [0.29, 0.717) is 16.6 Å². The lowest BCUT2D eigenvalue weighted by Gasteiger charge is -1.91. The highest BCUT2D eigenvalue weighted by Crippen LogP contribution is 2.20. The van der Waals surface area contributed by atoms with Crippen molar-refractivity contribution in [3.63, 3.8) is 0 Å². The number of H-pyrrole nitrogens is 1. The number of nitrogens with zero attached hydrogens (tertiary/aromatic N) is 1. The number of primary amides is 1. The summed E-state index contributed by atoms with van der Waals surface area (Å²) in [6.45, 7) is 1.69. The predicted octanol–water partition coefficient (Wildman–Crippen LogP) is -0.0478. The normalized spacial score (nSPS) is 10.3. The molecule has 0 saturated carbocycles. The van der Waals surface area contributed by atoms with Gasteiger partial charge in [-0.1, -0.05) is 0 Å². The Morgan fingerprint density at radius 2 is 2.39 bits per heavy atom. The van der Waals surface area contributed by atoms with E-state index in [4.69, 9.17) is 10.2 Å². The van der Waals surface area contributed by atoms with Crippen LogP contribution in [0.1, 0.15) is 23.3 Å². The fraction of sp³-hybridized carbons (Fsp3) is 0.200. The number of oxazole rings is 1. The van der Waals surface area contributed by atoms with Crippen LogP contribution in [0, 0.1) is 0 Å². The molecule has 0 aliphatic carbocycles. The van der Waals surface area contributed by atoms with Crippen LogP contribution in [0.2, 0.25) is 0 Å². The lowest BCUT2D eigenvalue weighted by Crippen LogP contribution is -2.23. The van der Waals surface area contributed by atoms with Crippen molar-refractivity contribution in [2.24, 2.45) is 5.73 Å². The van der Waals surface area contributed by atoms with Crippen molar-refractivity contribution in [3.8, 4) is 10.7 Å². The second kappa shape index (κ2) is 4.96. The molecule has 0 spiro atoms. The van der Waals surface area contributed by atoms with Crippen LogP contribution in [0.15, 0.2) is 16.1 Å². The van der Waals surface area contributed by atoms with E-state index in [2.05, 4.69) is 15.3 Å². The smallest absolute Gasteiger partial charge is 0.365 e. The highest BCUT2D eigenvalue weighted by molar-refractivity contribution is 7.13. The van der Waals surface area contributed by atoms with Crippen molar-refractivity contribution >= 4 is 23.2 Å². The van der Waals surface area contributed by atoms with Gasteiger partial charge < -0.3 is 15.5 Å². The molecule has 0 saturated heterocycles. The molecule has 0 radical (unpaired) electrons. The molecule has 0 bridgehead atoms. The number of hydrogen-bond donors (Lipinski definition) is 2. The average Bonchev–Trinajstić information content (AvgIpc) is 2.95. The Morgan fingerprint density at radius 1 is 1.61 bits per heavy atom. The molecule has 2 rings (SSSR count). The number of carbonyl (C=O) groups excluding carboxylic acids is 2. The second-order valence-electron chi connectivity index (χ2n) is 3.51. The number of carbonyl (C=O) groups is 2. The van der Waals surface area contributed by atoms with Gasteiger partial charge in [-0.2, -0.15) is 4.98 Å². The Balaban J connectivity index is 2.13. The second-order valence-corrected chi connectivity index (χ2v) is 4.37. The van der Waals surface area contributed by atoms with E-state index in [-0.39, 0.29) is 18.1 Å². The van der Waals surface area contributed by atoms with Gasteiger partial charge in [0.15, 0.2) is 11.3 Å². The molecule has 18 heavy (non-hydrogen) atoms. The largest absolute Gasteiger partial charge is 0.408 e. The summed E-state index contributed by atoms with van der Waals surface area (Å²) in [6.07, 6.45) is 1.47. The highest BCUT2D eigenvalue weighted by atomic mass is 32.1. The van der Waals surface area contributed by atoms with Crippen molar-refractivity contribution in [1.29, 1.82) is 0 Å². The first-order valence-corrected chi connectivity index (χ1v) is 5.94. The fourth-order valence-electron chi connectivity index (χ4n) is 1.24. The molecule has 0 unspecified atom stereocenters. The monoisotopic (exact) mass is 267 g/mol. The van der Waals surface area contributed by atoms with Gasteiger partial charge in [0.25, 0.3) is 11.6 Å². The summed E-state index contributed by atoms with van der Waals surface area (Å²) in [5.74, 6) is -0.220. The minimum absolute atomic E-state index is 0.147. The standard InChI is InChI=1S/C10H10N4O3S/c1-5(15)12-2-8-13-6(3-17-8)10-14-7(4-18-10)9(11)16/h3-4H,2H2,1H3,(H2,11,16)(H,12,15)/p+1. The lowest BCUT2D eigenvalue weighted by molar-refractivity contribution is -0.385. The van der Waals surface area contributed by atoms with Crippen molar-refractivity contribution in [3.05, 3.63) is 23.2 Å². The molecule has 8 heteroatoms. The first-order valence-electron chi connectivity index (χ1n) is 5.06. The van der Waals surface area contributed by atoms with Gasteiger partial charge in [-0.15, -0.1) is 11.3 Å². The first-order chi connectivity index (χ1) is 8.56. The molecule has 2 heterocycles. The van der Waals surface area contributed by atoms with Gasteiger partial charge in [0.2, 0.25) is 5.91 Å². The number of nitrogens with two attached hydrogens (primary N) is 1. The molecule has 0 fully saturated rings. The molecule has 2 aromatic rings. The van der Waals surface area contributed by atoms with Crippen molar-refractivity contribution in [2.75, 3.05) is 0 Å². The Labute approximate surface area is 106 Å². The van der Waals surface area contributed by atoms with Crippen LogP contribution in [0.4, 0.5) is 0 Å². The molecule has 2 aromatic heterocycles. The SMILES string of the molecule is CC(=O)NCc1[nH+]c(-c2nc(C(N)=O)cs2)co1. The van der Waals surface area contributed by atoms with E-state index in [0.717, 1.165) is 0 Å². The van der Waals surface area contributed by atoms with Crippen molar-refractivity contribution in [1.82, 2.24) is 10.3 Å². The van der Waals surface area contributed by atoms with Gasteiger partial charge in [-0.25, -0.2) is 4.98 Å². The minimum Gasteiger partial charge on any atom is -0.408 e. The zero-order valence-electron chi connectivity index (χ0n) is 9.52. The molecular weight excluding hydrogens is 256 g/mol. The molecule has 2 amide bonds. The maximum atomic E-state index is 10.9. The Hall–Kier alpha value is -2.22. The molecular formula is C10H11N4O3S+. The maximum Gasteiger partial charge on any atom is 0.365 e. The third-order valence-corrected chi connectivity index (χ3v) is 2.95. The third kappa shape index (κ3) is 2.72. The van der Waals surface area contributed by atoms with Crippen LogP contribution in [0.3, 0.4) is 0 Å². The van der Waals surface area contributed by atoms with E-state index in [1.807, 2.05) is 0 Å². The molecule has 0 atom stereocenters. The molecule has 4 N–H and O–H groups in total. The summed E-state index contributed by atoms with van der Waals surface area (Å²) >= 11 is 1.28. The van der Waals surface area contributed by atoms with Crippen LogP contribution in [-0.4, -0.2) is 16.8 Å². The number of amides is 2. The van der Waals surface area contributed by atoms with Crippen LogP contribution in [0.25, 0.3) is 10.7 Å². The summed E-state index contributed by atoms with van der Waals surface area (Å²) in [6, 6.07) is 0. The van der Waals surface area contributed by atoms with Crippen LogP contribution < -0.4 is 16.0 Å². The van der Waals surface area contributed by atoms with Gasteiger partial charge in [0.1, 0.15) is 12.2 Å². The van der Waals surface area contributed by atoms with Gasteiger partial charge >= 0.3 is 5.89 Å². The van der Waals surface area contributed by atoms with Crippen LogP contribution in [-0.2, 0) is 11.3 Å². The molecule has 94 valence electrons. The molecule has 0 aromatic carbocycles. The third-order valence-electron chi connectivity index (χ3n) is 2.08. The number of nitrogens with one attached hydrogen (secondary N) is 2. The Kier molecular flexibility index (Phi) is 3.38. The van der Waals surface area contributed by atoms with E-state index >= 15 is 0 Å². The van der Waals surface area contributed by atoms with Crippen LogP contribution in [0.5, 0.6) is 0 Å². The van der Waals surface area contributed by atoms with Crippen LogP contribution >= 0.6 is 11.3 Å². The van der Waals surface area contributed by atoms with Gasteiger partial charge in [-0.3, -0.25) is 9.59 Å². The van der Waals surface area contributed by atoms with Gasteiger partial charge in [0, 0.05) is 12.3 Å². The number of aromatic amines is 1. The number of aromatic nitrogens is 2. The predicted molar refractivity (Wildman–Crippen MR) is 62.4 cm³/mol. The molecule has 0 aliphatic rings. The van der Waals surface area contributed by atoms with Crippen molar-refractivity contribution < 1.29 is 19.0 Å². The Morgan fingerprint density at radius 3 is 3.00 bits per heavy atom. The topological polar surface area (TPSA) is 112 Å². The molecule has 0 aliphatic heterocycles. The zero-order valence-corrected chi connectivity index (χ0v) is 10.3. The summed E-state index contributed by atoms with van der Waals surface area (Å²) in [7, 11) is 0. The first kappa shape index (κ1) is 12.2. The summed E-state index contributed by atoms with van der Waals surface area (Å²) < 4.78 is 5.22. The maximum absolute atomic E-state index is 10.9. The van der Waals surface area contributed by atoms with Gasteiger partial charge in [0.05, 0.1) is 0 Å². The quantitative estimate of drug-likeness (QED) is 0.808. The summed E-state index contributed by atoms with van der Waals surface area (Å²) in [5, 5.41) is 4.77. The average molecular weight is 267 g/mol. The highest BCUT2D eigenvalue weighted by Gasteiger charge is 2.18. The molecule has 7 nitrogen and oxygen atoms in total. The summed E-state index contributed by atoms with van der Waals surface area (Å²) in [4.78, 5) is 28.7. The lowest BCUT2D eigenvalue weighted by atomic mass is 10.4. The van der Waals surface area contributed by atoms with E-state index in [9.17, 15) is 9.59 Å².